The van der Waals surface area contributed by atoms with Gasteiger partial charge in [0.05, 0.1) is 28.3 Å². The zero-order valence-corrected chi connectivity index (χ0v) is 20.6. The Labute approximate surface area is 207 Å². The molecule has 0 saturated carbocycles. The van der Waals surface area contributed by atoms with Crippen molar-refractivity contribution in [3.05, 3.63) is 52.5 Å². The fourth-order valence-corrected chi connectivity index (χ4v) is 4.79. The van der Waals surface area contributed by atoms with Crippen LogP contribution in [0.4, 0.5) is 0 Å². The zero-order chi connectivity index (χ0) is 23.7. The van der Waals surface area contributed by atoms with Crippen molar-refractivity contribution in [2.24, 2.45) is 0 Å². The van der Waals surface area contributed by atoms with Crippen molar-refractivity contribution in [3.63, 3.8) is 0 Å². The molecular weight excluding hydrogens is 475 g/mol. The molecular formula is C23H26Cl2N8O. The van der Waals surface area contributed by atoms with Crippen LogP contribution in [-0.2, 0) is 6.54 Å². The van der Waals surface area contributed by atoms with Crippen LogP contribution in [0.3, 0.4) is 0 Å². The quantitative estimate of drug-likeness (QED) is 0.411. The molecule has 0 amide bonds. The molecule has 5 heterocycles. The smallest absolute Gasteiger partial charge is 0.214 e. The Bertz CT molecular complexity index is 1260. The molecule has 0 radical (unpaired) electrons. The summed E-state index contributed by atoms with van der Waals surface area (Å²) in [5.41, 5.74) is 3.85. The molecule has 5 rings (SSSR count). The van der Waals surface area contributed by atoms with Crippen LogP contribution in [0.1, 0.15) is 18.6 Å². The molecule has 0 unspecified atom stereocenters. The minimum atomic E-state index is -0.402. The van der Waals surface area contributed by atoms with E-state index in [1.54, 1.807) is 18.5 Å². The van der Waals surface area contributed by atoms with Gasteiger partial charge in [-0.05, 0) is 20.0 Å². The largest absolute Gasteiger partial charge is 0.470 e. The van der Waals surface area contributed by atoms with Crippen LogP contribution in [0.25, 0.3) is 22.3 Å². The van der Waals surface area contributed by atoms with Crippen molar-refractivity contribution in [2.75, 3.05) is 39.8 Å². The lowest BCUT2D eigenvalue weighted by Crippen LogP contribution is -2.45. The normalized spacial score (nSPS) is 16.2. The first-order valence-electron chi connectivity index (χ1n) is 11.2. The van der Waals surface area contributed by atoms with Crippen LogP contribution < -0.4 is 4.74 Å². The summed E-state index contributed by atoms with van der Waals surface area (Å²) in [7, 11) is 2.17. The van der Waals surface area contributed by atoms with E-state index in [-0.39, 0.29) is 0 Å². The van der Waals surface area contributed by atoms with Crippen LogP contribution in [0.5, 0.6) is 5.88 Å². The molecule has 1 saturated heterocycles. The highest BCUT2D eigenvalue weighted by Gasteiger charge is 2.19. The number of H-pyrrole nitrogens is 1. The number of hydrogen-bond acceptors (Lipinski definition) is 7. The number of nitrogens with one attached hydrogen (secondary N) is 1. The summed E-state index contributed by atoms with van der Waals surface area (Å²) < 4.78 is 8.03. The van der Waals surface area contributed by atoms with Gasteiger partial charge in [-0.1, -0.05) is 23.2 Å². The second kappa shape index (κ2) is 9.87. The molecule has 1 fully saturated rings. The van der Waals surface area contributed by atoms with Gasteiger partial charge in [0.15, 0.2) is 0 Å². The maximum atomic E-state index is 6.28. The number of nitrogens with zero attached hydrogens (tertiary/aromatic N) is 7. The summed E-state index contributed by atoms with van der Waals surface area (Å²) in [6.45, 7) is 8.09. The number of aromatic nitrogens is 6. The third kappa shape index (κ3) is 4.88. The molecule has 178 valence electrons. The van der Waals surface area contributed by atoms with Crippen LogP contribution >= 0.6 is 23.2 Å². The molecule has 4 aromatic rings. The highest BCUT2D eigenvalue weighted by molar-refractivity contribution is 6.35. The lowest BCUT2D eigenvalue weighted by molar-refractivity contribution is 0.149. The van der Waals surface area contributed by atoms with Gasteiger partial charge >= 0.3 is 0 Å². The van der Waals surface area contributed by atoms with Gasteiger partial charge < -0.3 is 9.64 Å². The Hall–Kier alpha value is -2.72. The molecule has 1 N–H and O–H groups in total. The first-order chi connectivity index (χ1) is 16.5. The van der Waals surface area contributed by atoms with E-state index in [0.717, 1.165) is 61.6 Å². The number of likely N-dealkylation sites (N-methyl/N-ethyl adjacent to an activating group) is 1. The van der Waals surface area contributed by atoms with E-state index in [9.17, 15) is 0 Å². The van der Waals surface area contributed by atoms with E-state index < -0.39 is 6.10 Å². The summed E-state index contributed by atoms with van der Waals surface area (Å²) in [4.78, 5) is 13.5. The summed E-state index contributed by atoms with van der Waals surface area (Å²) in [5.74, 6) is 0.453. The Morgan fingerprint density at radius 1 is 1.06 bits per heavy atom. The molecule has 1 aliphatic rings. The lowest BCUT2D eigenvalue weighted by Gasteiger charge is -2.32. The Kier molecular flexibility index (Phi) is 6.69. The number of halogens is 2. The number of ether oxygens (including phenoxy) is 1. The van der Waals surface area contributed by atoms with Gasteiger partial charge in [0, 0.05) is 68.5 Å². The van der Waals surface area contributed by atoms with Crippen LogP contribution in [0, 0.1) is 0 Å². The van der Waals surface area contributed by atoms with Gasteiger partial charge in [-0.2, -0.15) is 10.2 Å². The second-order valence-corrected chi connectivity index (χ2v) is 9.35. The molecule has 11 heteroatoms. The molecule has 9 nitrogen and oxygen atoms in total. The number of fused-ring (bicyclic) bond motifs is 1. The minimum Gasteiger partial charge on any atom is -0.470 e. The van der Waals surface area contributed by atoms with E-state index in [1.807, 2.05) is 30.1 Å². The van der Waals surface area contributed by atoms with E-state index in [4.69, 9.17) is 32.9 Å². The lowest BCUT2D eigenvalue weighted by atomic mass is 10.2. The van der Waals surface area contributed by atoms with Crippen LogP contribution in [0.15, 0.2) is 36.9 Å². The standard InChI is InChI=1S/C23H26Cl2N8O/c1-15(21-17(24)12-26-13-18(21)25)34-20-4-3-19-23(28-20)22(30-29-19)16-11-27-33(14-16)10-9-32-7-5-31(2)6-8-32/h3-4,11-15H,5-10H2,1-2H3,(H,29,30)/t15-/m1/s1. The highest BCUT2D eigenvalue weighted by atomic mass is 35.5. The molecule has 0 spiro atoms. The average molecular weight is 501 g/mol. The Morgan fingerprint density at radius 3 is 2.59 bits per heavy atom. The van der Waals surface area contributed by atoms with Gasteiger partial charge in [0.25, 0.3) is 0 Å². The maximum Gasteiger partial charge on any atom is 0.214 e. The van der Waals surface area contributed by atoms with E-state index in [2.05, 4.69) is 37.1 Å². The number of piperazine rings is 1. The van der Waals surface area contributed by atoms with Crippen molar-refractivity contribution in [3.8, 4) is 17.1 Å². The second-order valence-electron chi connectivity index (χ2n) is 8.53. The first kappa shape index (κ1) is 23.0. The molecule has 4 aromatic heterocycles. The van der Waals surface area contributed by atoms with Crippen molar-refractivity contribution >= 4 is 34.2 Å². The van der Waals surface area contributed by atoms with Gasteiger partial charge in [-0.15, -0.1) is 0 Å². The van der Waals surface area contributed by atoms with E-state index in [1.165, 1.54) is 0 Å². The summed E-state index contributed by atoms with van der Waals surface area (Å²) in [6.07, 6.45) is 6.54. The van der Waals surface area contributed by atoms with Crippen molar-refractivity contribution in [1.82, 2.24) is 39.7 Å². The van der Waals surface area contributed by atoms with Crippen molar-refractivity contribution in [1.29, 1.82) is 0 Å². The van der Waals surface area contributed by atoms with Crippen LogP contribution in [-0.4, -0.2) is 79.5 Å². The zero-order valence-electron chi connectivity index (χ0n) is 19.1. The maximum absolute atomic E-state index is 6.28. The summed E-state index contributed by atoms with van der Waals surface area (Å²) in [5, 5.41) is 13.0. The van der Waals surface area contributed by atoms with Gasteiger partial charge in [0.2, 0.25) is 5.88 Å². The molecule has 0 aromatic carbocycles. The number of hydrogen-bond donors (Lipinski definition) is 1. The van der Waals surface area contributed by atoms with Gasteiger partial charge in [-0.3, -0.25) is 19.7 Å². The van der Waals surface area contributed by atoms with Gasteiger partial charge in [-0.25, -0.2) is 4.98 Å². The number of pyridine rings is 2. The molecule has 1 atom stereocenters. The minimum absolute atomic E-state index is 0.402. The predicted molar refractivity (Wildman–Crippen MR) is 132 cm³/mol. The topological polar surface area (TPSA) is 88.0 Å². The predicted octanol–water partition coefficient (Wildman–Crippen LogP) is 3.91. The van der Waals surface area contributed by atoms with Crippen molar-refractivity contribution in [2.45, 2.75) is 19.6 Å². The monoisotopic (exact) mass is 500 g/mol. The Balaban J connectivity index is 1.32. The summed E-state index contributed by atoms with van der Waals surface area (Å²) >= 11 is 12.6. The molecule has 0 aliphatic carbocycles. The fourth-order valence-electron chi connectivity index (χ4n) is 4.12. The summed E-state index contributed by atoms with van der Waals surface area (Å²) in [6, 6.07) is 3.69. The molecule has 34 heavy (non-hydrogen) atoms. The highest BCUT2D eigenvalue weighted by Crippen LogP contribution is 2.33. The van der Waals surface area contributed by atoms with E-state index >= 15 is 0 Å². The Morgan fingerprint density at radius 2 is 1.82 bits per heavy atom. The van der Waals surface area contributed by atoms with E-state index in [0.29, 0.717) is 21.5 Å². The molecule has 1 aliphatic heterocycles. The number of aromatic amines is 1. The SMILES string of the molecule is C[C@@H](Oc1ccc2[nH]nc(-c3cnn(CCN4CCN(C)CC4)c3)c2n1)c1c(Cl)cncc1Cl. The van der Waals surface area contributed by atoms with Crippen LogP contribution in [0.2, 0.25) is 10.0 Å². The number of rotatable bonds is 7. The third-order valence-corrected chi connectivity index (χ3v) is 6.73. The third-order valence-electron chi connectivity index (χ3n) is 6.12. The fraction of sp³-hybridized carbons (Fsp3) is 0.391. The van der Waals surface area contributed by atoms with Crippen molar-refractivity contribution < 1.29 is 4.74 Å². The van der Waals surface area contributed by atoms with Gasteiger partial charge in [0.1, 0.15) is 17.3 Å². The first-order valence-corrected chi connectivity index (χ1v) is 12.0. The molecule has 0 bridgehead atoms. The average Bonchev–Trinajstić information content (AvgIpc) is 3.45.